The van der Waals surface area contributed by atoms with Crippen molar-refractivity contribution in [1.29, 1.82) is 5.26 Å². The molecule has 5 heteroatoms. The molecular formula is C18H24N4O. The van der Waals surface area contributed by atoms with E-state index in [1.807, 2.05) is 28.9 Å². The van der Waals surface area contributed by atoms with Crippen LogP contribution in [0.25, 0.3) is 0 Å². The molecule has 2 rings (SSSR count). The molecule has 0 spiro atoms. The van der Waals surface area contributed by atoms with E-state index in [-0.39, 0.29) is 0 Å². The third kappa shape index (κ3) is 4.82. The fourth-order valence-corrected chi connectivity index (χ4v) is 2.58. The predicted molar refractivity (Wildman–Crippen MR) is 89.3 cm³/mol. The first-order valence-electron chi connectivity index (χ1n) is 8.24. The Morgan fingerprint density at radius 2 is 1.87 bits per heavy atom. The zero-order valence-electron chi connectivity index (χ0n) is 14.0. The van der Waals surface area contributed by atoms with Crippen LogP contribution in [0, 0.1) is 11.3 Å². The lowest BCUT2D eigenvalue weighted by molar-refractivity contribution is 0.414. The van der Waals surface area contributed by atoms with Crippen LogP contribution in [-0.2, 0) is 13.0 Å². The number of benzene rings is 1. The molecule has 0 aliphatic carbocycles. The van der Waals surface area contributed by atoms with Gasteiger partial charge in [-0.05, 0) is 24.1 Å². The maximum absolute atomic E-state index is 9.25. The van der Waals surface area contributed by atoms with Crippen molar-refractivity contribution < 1.29 is 4.74 Å². The molecule has 5 nitrogen and oxygen atoms in total. The van der Waals surface area contributed by atoms with Crippen LogP contribution in [0.1, 0.15) is 56.0 Å². The van der Waals surface area contributed by atoms with Crippen LogP contribution in [0.2, 0.25) is 0 Å². The predicted octanol–water partition coefficient (Wildman–Crippen LogP) is 3.72. The summed E-state index contributed by atoms with van der Waals surface area (Å²) >= 11 is 0. The minimum Gasteiger partial charge on any atom is -0.497 e. The molecule has 122 valence electrons. The molecule has 0 saturated heterocycles. The first-order chi connectivity index (χ1) is 11.3. The largest absolute Gasteiger partial charge is 0.497 e. The van der Waals surface area contributed by atoms with Gasteiger partial charge in [-0.2, -0.15) is 5.26 Å². The third-order valence-electron chi connectivity index (χ3n) is 3.95. The lowest BCUT2D eigenvalue weighted by Gasteiger charge is -2.07. The van der Waals surface area contributed by atoms with Gasteiger partial charge < -0.3 is 4.74 Å². The Kier molecular flexibility index (Phi) is 6.61. The van der Waals surface area contributed by atoms with Crippen LogP contribution in [0.4, 0.5) is 0 Å². The fraction of sp³-hybridized carbons (Fsp3) is 0.500. The molecule has 0 N–H and O–H groups in total. The Balaban J connectivity index is 2.03. The molecule has 0 saturated carbocycles. The number of nitriles is 1. The molecule has 0 radical (unpaired) electrons. The highest BCUT2D eigenvalue weighted by molar-refractivity contribution is 5.33. The van der Waals surface area contributed by atoms with Crippen LogP contribution in [0.3, 0.4) is 0 Å². The van der Waals surface area contributed by atoms with Gasteiger partial charge in [-0.1, -0.05) is 50.0 Å². The minimum absolute atomic E-state index is 0.425. The molecule has 1 aromatic heterocycles. The van der Waals surface area contributed by atoms with Crippen LogP contribution in [-0.4, -0.2) is 22.1 Å². The van der Waals surface area contributed by atoms with Gasteiger partial charge in [0.15, 0.2) is 5.69 Å². The number of aryl methyl sites for hydroxylation is 1. The average molecular weight is 312 g/mol. The summed E-state index contributed by atoms with van der Waals surface area (Å²) in [6, 6.07) is 10.0. The molecule has 0 fully saturated rings. The molecule has 1 heterocycles. The van der Waals surface area contributed by atoms with E-state index in [0.29, 0.717) is 12.1 Å². The molecule has 0 unspecified atom stereocenters. The monoisotopic (exact) mass is 312 g/mol. The number of aromatic nitrogens is 3. The smallest absolute Gasteiger partial charge is 0.186 e. The Bertz CT molecular complexity index is 640. The highest BCUT2D eigenvalue weighted by Gasteiger charge is 2.13. The van der Waals surface area contributed by atoms with Gasteiger partial charge in [-0.15, -0.1) is 5.10 Å². The molecule has 0 bridgehead atoms. The van der Waals surface area contributed by atoms with Crippen molar-refractivity contribution in [2.75, 3.05) is 7.11 Å². The van der Waals surface area contributed by atoms with Crippen molar-refractivity contribution in [2.24, 2.45) is 0 Å². The SMILES string of the molecule is CCCCCCCn1nnc(C#N)c1Cc1ccc(OC)cc1. The topological polar surface area (TPSA) is 63.7 Å². The molecule has 1 aromatic carbocycles. The number of rotatable bonds is 9. The number of hydrogen-bond acceptors (Lipinski definition) is 4. The van der Waals surface area contributed by atoms with E-state index in [1.165, 1.54) is 25.7 Å². The van der Waals surface area contributed by atoms with Crippen molar-refractivity contribution in [3.05, 3.63) is 41.2 Å². The molecule has 2 aromatic rings. The second-order valence-electron chi connectivity index (χ2n) is 5.66. The number of nitrogens with zero attached hydrogens (tertiary/aromatic N) is 4. The average Bonchev–Trinajstić information content (AvgIpc) is 2.97. The van der Waals surface area contributed by atoms with Gasteiger partial charge in [0.1, 0.15) is 11.8 Å². The number of hydrogen-bond donors (Lipinski definition) is 0. The van der Waals surface area contributed by atoms with Crippen LogP contribution >= 0.6 is 0 Å². The third-order valence-corrected chi connectivity index (χ3v) is 3.95. The van der Waals surface area contributed by atoms with E-state index in [9.17, 15) is 5.26 Å². The molecule has 0 amide bonds. The van der Waals surface area contributed by atoms with Gasteiger partial charge in [0, 0.05) is 13.0 Å². The highest BCUT2D eigenvalue weighted by Crippen LogP contribution is 2.17. The first kappa shape index (κ1) is 17.0. The van der Waals surface area contributed by atoms with Crippen molar-refractivity contribution in [1.82, 2.24) is 15.0 Å². The normalized spacial score (nSPS) is 10.5. The van der Waals surface area contributed by atoms with Gasteiger partial charge in [-0.25, -0.2) is 4.68 Å². The van der Waals surface area contributed by atoms with E-state index >= 15 is 0 Å². The summed E-state index contributed by atoms with van der Waals surface area (Å²) in [5.41, 5.74) is 2.44. The van der Waals surface area contributed by atoms with Gasteiger partial charge in [0.25, 0.3) is 0 Å². The summed E-state index contributed by atoms with van der Waals surface area (Å²) in [5.74, 6) is 0.830. The van der Waals surface area contributed by atoms with E-state index in [1.54, 1.807) is 7.11 Å². The maximum Gasteiger partial charge on any atom is 0.186 e. The number of ether oxygens (including phenoxy) is 1. The minimum atomic E-state index is 0.425. The first-order valence-corrected chi connectivity index (χ1v) is 8.24. The summed E-state index contributed by atoms with van der Waals surface area (Å²) in [5, 5.41) is 17.4. The summed E-state index contributed by atoms with van der Waals surface area (Å²) in [4.78, 5) is 0. The summed E-state index contributed by atoms with van der Waals surface area (Å²) < 4.78 is 7.06. The summed E-state index contributed by atoms with van der Waals surface area (Å²) in [6.45, 7) is 3.04. The van der Waals surface area contributed by atoms with Crippen LogP contribution in [0.5, 0.6) is 5.75 Å². The second-order valence-corrected chi connectivity index (χ2v) is 5.66. The van der Waals surface area contributed by atoms with Crippen LogP contribution in [0.15, 0.2) is 24.3 Å². The van der Waals surface area contributed by atoms with E-state index in [4.69, 9.17) is 4.74 Å². The van der Waals surface area contributed by atoms with E-state index in [0.717, 1.165) is 30.0 Å². The molecule has 23 heavy (non-hydrogen) atoms. The van der Waals surface area contributed by atoms with Gasteiger partial charge >= 0.3 is 0 Å². The molecule has 0 atom stereocenters. The quantitative estimate of drug-likeness (QED) is 0.662. The van der Waals surface area contributed by atoms with Gasteiger partial charge in [0.05, 0.1) is 12.8 Å². The Morgan fingerprint density at radius 3 is 2.52 bits per heavy atom. The second kappa shape index (κ2) is 8.94. The van der Waals surface area contributed by atoms with Crippen molar-refractivity contribution in [3.8, 4) is 11.8 Å². The molecular weight excluding hydrogens is 288 g/mol. The lowest BCUT2D eigenvalue weighted by atomic mass is 10.1. The van der Waals surface area contributed by atoms with E-state index in [2.05, 4.69) is 23.3 Å². The lowest BCUT2D eigenvalue weighted by Crippen LogP contribution is -2.07. The van der Waals surface area contributed by atoms with Crippen LogP contribution < -0.4 is 4.74 Å². The fourth-order valence-electron chi connectivity index (χ4n) is 2.58. The number of methoxy groups -OCH3 is 1. The zero-order chi connectivity index (χ0) is 16.5. The standard InChI is InChI=1S/C18H24N4O/c1-3-4-5-6-7-12-22-18(17(14-19)20-21-22)13-15-8-10-16(23-2)11-9-15/h8-11H,3-7,12-13H2,1-2H3. The highest BCUT2D eigenvalue weighted by atomic mass is 16.5. The number of unbranched alkanes of at least 4 members (excludes halogenated alkanes) is 4. The summed E-state index contributed by atoms with van der Waals surface area (Å²) in [7, 11) is 1.65. The zero-order valence-corrected chi connectivity index (χ0v) is 14.0. The van der Waals surface area contributed by atoms with Crippen molar-refractivity contribution >= 4 is 0 Å². The molecule has 0 aliphatic rings. The Morgan fingerprint density at radius 1 is 1.13 bits per heavy atom. The Hall–Kier alpha value is -2.35. The van der Waals surface area contributed by atoms with Gasteiger partial charge in [0.2, 0.25) is 0 Å². The molecule has 0 aliphatic heterocycles. The van der Waals surface area contributed by atoms with Crippen molar-refractivity contribution in [2.45, 2.75) is 52.0 Å². The van der Waals surface area contributed by atoms with Crippen molar-refractivity contribution in [3.63, 3.8) is 0 Å². The van der Waals surface area contributed by atoms with E-state index < -0.39 is 0 Å². The summed E-state index contributed by atoms with van der Waals surface area (Å²) in [6.07, 6.45) is 6.70. The van der Waals surface area contributed by atoms with Gasteiger partial charge in [-0.3, -0.25) is 0 Å². The maximum atomic E-state index is 9.25. The Labute approximate surface area is 137 Å².